The summed E-state index contributed by atoms with van der Waals surface area (Å²) in [6, 6.07) is 8.84. The van der Waals surface area contributed by atoms with Crippen LogP contribution in [0.15, 0.2) is 24.3 Å². The van der Waals surface area contributed by atoms with Crippen molar-refractivity contribution in [2.45, 2.75) is 18.6 Å². The predicted molar refractivity (Wildman–Crippen MR) is 137 cm³/mol. The molecule has 7 nitrogen and oxygen atoms in total. The van der Waals surface area contributed by atoms with E-state index in [1.54, 1.807) is 0 Å². The molecule has 0 bridgehead atoms. The molecule has 2 fully saturated rings. The van der Waals surface area contributed by atoms with Gasteiger partial charge in [0.1, 0.15) is 5.82 Å². The highest BCUT2D eigenvalue weighted by Gasteiger charge is 2.20. The van der Waals surface area contributed by atoms with E-state index in [9.17, 15) is 0 Å². The smallest absolute Gasteiger partial charge is 0.161 e. The third kappa shape index (κ3) is 5.80. The maximum atomic E-state index is 5.46. The van der Waals surface area contributed by atoms with Crippen molar-refractivity contribution in [1.29, 1.82) is 0 Å². The van der Waals surface area contributed by atoms with Gasteiger partial charge in [0.25, 0.3) is 0 Å². The third-order valence-electron chi connectivity index (χ3n) is 6.86. The van der Waals surface area contributed by atoms with E-state index in [-0.39, 0.29) is 0 Å². The first-order valence-corrected chi connectivity index (χ1v) is 13.5. The Morgan fingerprint density at radius 3 is 2.58 bits per heavy atom. The first-order chi connectivity index (χ1) is 16.3. The number of thioether (sulfide) groups is 1. The van der Waals surface area contributed by atoms with E-state index in [0.29, 0.717) is 0 Å². The van der Waals surface area contributed by atoms with Crippen LogP contribution in [0, 0.1) is 0 Å². The molecule has 0 aliphatic carbocycles. The summed E-state index contributed by atoms with van der Waals surface area (Å²) >= 11 is 1.98. The first-order valence-electron chi connectivity index (χ1n) is 12.3. The number of rotatable bonds is 7. The number of benzene rings is 1. The normalized spacial score (nSPS) is 20.0. The number of nitrogens with zero attached hydrogens (tertiary/aromatic N) is 5. The molecule has 2 saturated heterocycles. The van der Waals surface area contributed by atoms with Crippen molar-refractivity contribution in [2.24, 2.45) is 0 Å². The van der Waals surface area contributed by atoms with Gasteiger partial charge in [-0.05, 0) is 56.5 Å². The first kappa shape index (κ1) is 22.9. The summed E-state index contributed by atoms with van der Waals surface area (Å²) in [4.78, 5) is 17.3. The average Bonchev–Trinajstić information content (AvgIpc) is 2.87. The molecule has 1 N–H and O–H groups in total. The lowest BCUT2D eigenvalue weighted by atomic mass is 10.1. The molecular formula is C25H36N6OS. The molecule has 1 aromatic heterocycles. The monoisotopic (exact) mass is 468 g/mol. The molecule has 0 saturated carbocycles. The minimum Gasteiger partial charge on any atom is -0.379 e. The van der Waals surface area contributed by atoms with Gasteiger partial charge in [-0.1, -0.05) is 0 Å². The van der Waals surface area contributed by atoms with Crippen molar-refractivity contribution >= 4 is 23.3 Å². The fraction of sp³-hybridized carbons (Fsp3) is 0.600. The summed E-state index contributed by atoms with van der Waals surface area (Å²) in [7, 11) is 2.20. The van der Waals surface area contributed by atoms with Gasteiger partial charge < -0.3 is 19.9 Å². The van der Waals surface area contributed by atoms with Gasteiger partial charge in [0.2, 0.25) is 0 Å². The van der Waals surface area contributed by atoms with Gasteiger partial charge in [0.15, 0.2) is 5.82 Å². The van der Waals surface area contributed by atoms with Crippen LogP contribution in [0.2, 0.25) is 0 Å². The Hall–Kier alpha value is -1.87. The number of likely N-dealkylation sites (N-methyl/N-ethyl adjacent to an activating group) is 1. The Morgan fingerprint density at radius 1 is 1.00 bits per heavy atom. The lowest BCUT2D eigenvalue weighted by molar-refractivity contribution is 0.0378. The molecule has 0 radical (unpaired) electrons. The van der Waals surface area contributed by atoms with E-state index >= 15 is 0 Å². The van der Waals surface area contributed by atoms with Crippen molar-refractivity contribution in [3.8, 4) is 11.4 Å². The SMILES string of the molecule is CN1CCN(c2ccc(-c3nc4c(c(NCCCN5CCOCC5)n3)CSCC4)cc2)CC1. The second-order valence-electron chi connectivity index (χ2n) is 9.20. The van der Waals surface area contributed by atoms with Crippen LogP contribution in [-0.2, 0) is 16.9 Å². The molecule has 3 aliphatic rings. The minimum atomic E-state index is 0.848. The zero-order chi connectivity index (χ0) is 22.5. The van der Waals surface area contributed by atoms with E-state index in [2.05, 4.69) is 51.3 Å². The highest BCUT2D eigenvalue weighted by molar-refractivity contribution is 7.98. The van der Waals surface area contributed by atoms with Gasteiger partial charge in [-0.3, -0.25) is 4.90 Å². The van der Waals surface area contributed by atoms with Gasteiger partial charge in [0, 0.05) is 68.4 Å². The maximum absolute atomic E-state index is 5.46. The number of aryl methyl sites for hydroxylation is 1. The average molecular weight is 469 g/mol. The van der Waals surface area contributed by atoms with Gasteiger partial charge in [-0.2, -0.15) is 11.8 Å². The number of hydrogen-bond donors (Lipinski definition) is 1. The number of anilines is 2. The van der Waals surface area contributed by atoms with Crippen LogP contribution >= 0.6 is 11.8 Å². The van der Waals surface area contributed by atoms with E-state index in [1.165, 1.54) is 16.9 Å². The molecule has 1 aromatic carbocycles. The number of piperazine rings is 1. The number of nitrogens with one attached hydrogen (secondary N) is 1. The quantitative estimate of drug-likeness (QED) is 0.623. The number of ether oxygens (including phenoxy) is 1. The van der Waals surface area contributed by atoms with Gasteiger partial charge >= 0.3 is 0 Å². The summed E-state index contributed by atoms with van der Waals surface area (Å²) in [6.07, 6.45) is 2.14. The molecule has 0 spiro atoms. The number of hydrogen-bond acceptors (Lipinski definition) is 8. The van der Waals surface area contributed by atoms with Crippen molar-refractivity contribution in [1.82, 2.24) is 19.8 Å². The molecule has 0 amide bonds. The molecule has 0 atom stereocenters. The lowest BCUT2D eigenvalue weighted by Gasteiger charge is -2.34. The Labute approximate surface area is 201 Å². The largest absolute Gasteiger partial charge is 0.379 e. The molecule has 33 heavy (non-hydrogen) atoms. The molecule has 4 heterocycles. The molecule has 178 valence electrons. The van der Waals surface area contributed by atoms with Crippen LogP contribution in [0.1, 0.15) is 17.7 Å². The third-order valence-corrected chi connectivity index (χ3v) is 7.85. The van der Waals surface area contributed by atoms with Crippen molar-refractivity contribution in [2.75, 3.05) is 88.6 Å². The Balaban J connectivity index is 1.27. The summed E-state index contributed by atoms with van der Waals surface area (Å²) < 4.78 is 5.46. The summed E-state index contributed by atoms with van der Waals surface area (Å²) in [6.45, 7) is 10.3. The van der Waals surface area contributed by atoms with Crippen molar-refractivity contribution in [3.63, 3.8) is 0 Å². The van der Waals surface area contributed by atoms with Gasteiger partial charge in [0.05, 0.1) is 18.9 Å². The van der Waals surface area contributed by atoms with Crippen LogP contribution in [0.5, 0.6) is 0 Å². The zero-order valence-electron chi connectivity index (χ0n) is 19.8. The second-order valence-corrected chi connectivity index (χ2v) is 10.3. The second kappa shape index (κ2) is 11.0. The van der Waals surface area contributed by atoms with Crippen LogP contribution in [0.3, 0.4) is 0 Å². The minimum absolute atomic E-state index is 0.848. The summed E-state index contributed by atoms with van der Waals surface area (Å²) in [5.74, 6) is 4.03. The standard InChI is InChI=1S/C25H36N6OS/c1-29-10-12-31(13-11-29)21-5-3-20(4-6-21)24-27-23-7-18-33-19-22(23)25(28-24)26-8-2-9-30-14-16-32-17-15-30/h3-6H,2,7-19H2,1H3,(H,26,27,28). The van der Waals surface area contributed by atoms with Crippen LogP contribution < -0.4 is 10.2 Å². The van der Waals surface area contributed by atoms with E-state index < -0.39 is 0 Å². The molecule has 3 aliphatic heterocycles. The highest BCUT2D eigenvalue weighted by Crippen LogP contribution is 2.31. The fourth-order valence-corrected chi connectivity index (χ4v) is 5.72. The molecule has 2 aromatic rings. The topological polar surface area (TPSA) is 56.8 Å². The van der Waals surface area contributed by atoms with E-state index in [4.69, 9.17) is 14.7 Å². The number of fused-ring (bicyclic) bond motifs is 1. The van der Waals surface area contributed by atoms with Gasteiger partial charge in [-0.25, -0.2) is 9.97 Å². The zero-order valence-corrected chi connectivity index (χ0v) is 20.6. The number of morpholine rings is 1. The summed E-state index contributed by atoms with van der Waals surface area (Å²) in [5.41, 5.74) is 4.92. The highest BCUT2D eigenvalue weighted by atomic mass is 32.2. The van der Waals surface area contributed by atoms with Crippen LogP contribution in [0.25, 0.3) is 11.4 Å². The van der Waals surface area contributed by atoms with E-state index in [0.717, 1.165) is 107 Å². The summed E-state index contributed by atoms with van der Waals surface area (Å²) in [5, 5.41) is 3.65. The predicted octanol–water partition coefficient (Wildman–Crippen LogP) is 2.82. The van der Waals surface area contributed by atoms with Gasteiger partial charge in [-0.15, -0.1) is 0 Å². The Bertz CT molecular complexity index is 910. The molecule has 0 unspecified atom stereocenters. The van der Waals surface area contributed by atoms with E-state index in [1.807, 2.05) is 11.8 Å². The molecule has 8 heteroatoms. The Morgan fingerprint density at radius 2 is 1.79 bits per heavy atom. The maximum Gasteiger partial charge on any atom is 0.161 e. The van der Waals surface area contributed by atoms with Crippen molar-refractivity contribution < 1.29 is 4.74 Å². The Kier molecular flexibility index (Phi) is 7.66. The van der Waals surface area contributed by atoms with Crippen molar-refractivity contribution in [3.05, 3.63) is 35.5 Å². The molecule has 5 rings (SSSR count). The lowest BCUT2D eigenvalue weighted by Crippen LogP contribution is -2.44. The fourth-order valence-electron chi connectivity index (χ4n) is 4.73. The molecular weight excluding hydrogens is 432 g/mol. The number of aromatic nitrogens is 2. The van der Waals surface area contributed by atoms with Crippen LogP contribution in [0.4, 0.5) is 11.5 Å². The van der Waals surface area contributed by atoms with Crippen LogP contribution in [-0.4, -0.2) is 98.1 Å².